The fraction of sp³-hybridized carbons (Fsp3) is 0.300. The van der Waals surface area contributed by atoms with Crippen LogP contribution in [0.4, 0.5) is 10.1 Å². The number of carbonyl (C=O) groups is 2. The number of amides is 2. The van der Waals surface area contributed by atoms with E-state index in [1.807, 2.05) is 24.3 Å². The number of hydrogen-bond acceptors (Lipinski definition) is 2. The molecule has 0 fully saturated rings. The van der Waals surface area contributed by atoms with E-state index in [2.05, 4.69) is 10.6 Å². The number of benzene rings is 2. The molecule has 4 nitrogen and oxygen atoms in total. The van der Waals surface area contributed by atoms with Crippen molar-refractivity contribution in [2.24, 2.45) is 5.92 Å². The number of nitrogens with one attached hydrogen (secondary N) is 2. The molecule has 2 aromatic carbocycles. The van der Waals surface area contributed by atoms with Gasteiger partial charge in [-0.15, -0.1) is 0 Å². The molecule has 130 valence electrons. The molecule has 1 atom stereocenters. The Hall–Kier alpha value is -2.69. The minimum absolute atomic E-state index is 0.0298. The summed E-state index contributed by atoms with van der Waals surface area (Å²) in [5, 5.41) is 5.69. The summed E-state index contributed by atoms with van der Waals surface area (Å²) < 4.78 is 13.5. The third kappa shape index (κ3) is 4.44. The molecular formula is C20H21FN2O2. The second-order valence-corrected chi connectivity index (χ2v) is 6.28. The molecule has 0 aliphatic carbocycles. The highest BCUT2D eigenvalue weighted by molar-refractivity contribution is 5.96. The van der Waals surface area contributed by atoms with Crippen molar-refractivity contribution in [1.29, 1.82) is 0 Å². The fourth-order valence-corrected chi connectivity index (χ4v) is 3.08. The van der Waals surface area contributed by atoms with Gasteiger partial charge in [-0.25, -0.2) is 4.39 Å². The van der Waals surface area contributed by atoms with E-state index < -0.39 is 0 Å². The fourth-order valence-electron chi connectivity index (χ4n) is 3.08. The number of fused-ring (bicyclic) bond motifs is 1. The number of para-hydroxylation sites is 1. The average Bonchev–Trinajstić information content (AvgIpc) is 2.61. The van der Waals surface area contributed by atoms with Crippen molar-refractivity contribution in [2.75, 3.05) is 11.9 Å². The predicted molar refractivity (Wildman–Crippen MR) is 94.6 cm³/mol. The summed E-state index contributed by atoms with van der Waals surface area (Å²) in [6.45, 7) is 0.388. The second-order valence-electron chi connectivity index (χ2n) is 6.28. The van der Waals surface area contributed by atoms with Crippen LogP contribution in [0.5, 0.6) is 0 Å². The summed E-state index contributed by atoms with van der Waals surface area (Å²) in [5.41, 5.74) is 2.55. The first-order chi connectivity index (χ1) is 12.1. The molecule has 5 heteroatoms. The monoisotopic (exact) mass is 340 g/mol. The van der Waals surface area contributed by atoms with Crippen LogP contribution in [0, 0.1) is 11.7 Å². The highest BCUT2D eigenvalue weighted by atomic mass is 19.1. The van der Waals surface area contributed by atoms with E-state index in [9.17, 15) is 14.0 Å². The molecule has 1 unspecified atom stereocenters. The zero-order valence-electron chi connectivity index (χ0n) is 13.9. The zero-order valence-corrected chi connectivity index (χ0v) is 13.9. The normalized spacial score (nSPS) is 16.0. The lowest BCUT2D eigenvalue weighted by molar-refractivity contribution is -0.122. The first-order valence-electron chi connectivity index (χ1n) is 8.52. The van der Waals surface area contributed by atoms with Gasteiger partial charge in [0.05, 0.1) is 0 Å². The van der Waals surface area contributed by atoms with Crippen LogP contribution in [0.3, 0.4) is 0 Å². The largest absolute Gasteiger partial charge is 0.356 e. The van der Waals surface area contributed by atoms with Crippen molar-refractivity contribution >= 4 is 17.5 Å². The van der Waals surface area contributed by atoms with Crippen LogP contribution in [0.15, 0.2) is 48.5 Å². The standard InChI is InChI=1S/C20H21FN2O2/c21-17-7-3-1-5-14(17)11-12-22-19(24)10-9-16-13-15-6-2-4-8-18(15)23-20(16)25/h1-8,16H,9-13H2,(H,22,24)(H,23,25). The predicted octanol–water partition coefficient (Wildman–Crippen LogP) is 3.08. The van der Waals surface area contributed by atoms with Gasteiger partial charge in [0.2, 0.25) is 11.8 Å². The Labute approximate surface area is 146 Å². The van der Waals surface area contributed by atoms with Crippen LogP contribution in [0.1, 0.15) is 24.0 Å². The maximum absolute atomic E-state index is 13.5. The van der Waals surface area contributed by atoms with E-state index in [1.165, 1.54) is 6.07 Å². The van der Waals surface area contributed by atoms with E-state index in [-0.39, 0.29) is 30.0 Å². The molecule has 1 aliphatic heterocycles. The molecule has 1 aliphatic rings. The summed E-state index contributed by atoms with van der Waals surface area (Å²) in [6, 6.07) is 14.3. The van der Waals surface area contributed by atoms with E-state index in [0.29, 0.717) is 31.4 Å². The lowest BCUT2D eigenvalue weighted by Gasteiger charge is -2.24. The SMILES string of the molecule is O=C(CCC1Cc2ccccc2NC1=O)NCCc1ccccc1F. The minimum Gasteiger partial charge on any atom is -0.356 e. The van der Waals surface area contributed by atoms with Gasteiger partial charge < -0.3 is 10.6 Å². The molecule has 0 radical (unpaired) electrons. The van der Waals surface area contributed by atoms with Crippen molar-refractivity contribution in [3.8, 4) is 0 Å². The first-order valence-corrected chi connectivity index (χ1v) is 8.52. The lowest BCUT2D eigenvalue weighted by atomic mass is 9.89. The summed E-state index contributed by atoms with van der Waals surface area (Å²) in [5.74, 6) is -0.581. The van der Waals surface area contributed by atoms with Gasteiger partial charge in [-0.3, -0.25) is 9.59 Å². The number of anilines is 1. The Bertz CT molecular complexity index is 776. The Kier molecular flexibility index (Phi) is 5.43. The molecule has 0 saturated carbocycles. The average molecular weight is 340 g/mol. The van der Waals surface area contributed by atoms with Crippen molar-refractivity contribution in [3.05, 3.63) is 65.5 Å². The van der Waals surface area contributed by atoms with Crippen molar-refractivity contribution in [2.45, 2.75) is 25.7 Å². The Morgan fingerprint density at radius 3 is 2.76 bits per heavy atom. The molecule has 0 saturated heterocycles. The lowest BCUT2D eigenvalue weighted by Crippen LogP contribution is -2.32. The topological polar surface area (TPSA) is 58.2 Å². The molecular weight excluding hydrogens is 319 g/mol. The van der Waals surface area contributed by atoms with Crippen LogP contribution < -0.4 is 10.6 Å². The first kappa shape index (κ1) is 17.1. The van der Waals surface area contributed by atoms with Gasteiger partial charge in [0.25, 0.3) is 0 Å². The maximum atomic E-state index is 13.5. The van der Waals surface area contributed by atoms with E-state index in [0.717, 1.165) is 11.3 Å². The van der Waals surface area contributed by atoms with E-state index in [4.69, 9.17) is 0 Å². The third-order valence-electron chi connectivity index (χ3n) is 4.51. The van der Waals surface area contributed by atoms with Crippen LogP contribution in [0.2, 0.25) is 0 Å². The van der Waals surface area contributed by atoms with Crippen LogP contribution in [-0.4, -0.2) is 18.4 Å². The summed E-state index contributed by atoms with van der Waals surface area (Å²) in [6.07, 6.45) is 1.91. The van der Waals surface area contributed by atoms with Gasteiger partial charge in [0.15, 0.2) is 0 Å². The van der Waals surface area contributed by atoms with Crippen LogP contribution in [-0.2, 0) is 22.4 Å². The summed E-state index contributed by atoms with van der Waals surface area (Å²) in [7, 11) is 0. The molecule has 0 aromatic heterocycles. The van der Waals surface area contributed by atoms with E-state index in [1.54, 1.807) is 18.2 Å². The van der Waals surface area contributed by atoms with Gasteiger partial charge in [-0.2, -0.15) is 0 Å². The molecule has 3 rings (SSSR count). The zero-order chi connectivity index (χ0) is 17.6. The number of hydrogen-bond donors (Lipinski definition) is 2. The molecule has 2 N–H and O–H groups in total. The third-order valence-corrected chi connectivity index (χ3v) is 4.51. The quantitative estimate of drug-likeness (QED) is 0.849. The van der Waals surface area contributed by atoms with Gasteiger partial charge in [-0.05, 0) is 42.5 Å². The van der Waals surface area contributed by atoms with Crippen molar-refractivity contribution in [1.82, 2.24) is 5.32 Å². The summed E-state index contributed by atoms with van der Waals surface area (Å²) in [4.78, 5) is 24.1. The molecule has 0 spiro atoms. The van der Waals surface area contributed by atoms with Crippen LogP contribution in [0.25, 0.3) is 0 Å². The van der Waals surface area contributed by atoms with Gasteiger partial charge in [0.1, 0.15) is 5.82 Å². The van der Waals surface area contributed by atoms with Gasteiger partial charge in [-0.1, -0.05) is 36.4 Å². The smallest absolute Gasteiger partial charge is 0.227 e. The molecule has 0 bridgehead atoms. The number of carbonyl (C=O) groups excluding carboxylic acids is 2. The highest BCUT2D eigenvalue weighted by Gasteiger charge is 2.26. The van der Waals surface area contributed by atoms with E-state index >= 15 is 0 Å². The van der Waals surface area contributed by atoms with Crippen molar-refractivity contribution < 1.29 is 14.0 Å². The van der Waals surface area contributed by atoms with Gasteiger partial charge in [0, 0.05) is 24.6 Å². The van der Waals surface area contributed by atoms with Crippen molar-refractivity contribution in [3.63, 3.8) is 0 Å². The Morgan fingerprint density at radius 2 is 1.92 bits per heavy atom. The van der Waals surface area contributed by atoms with Crippen LogP contribution >= 0.6 is 0 Å². The Morgan fingerprint density at radius 1 is 1.16 bits per heavy atom. The second kappa shape index (κ2) is 7.92. The number of rotatable bonds is 6. The molecule has 25 heavy (non-hydrogen) atoms. The number of halogens is 1. The summed E-state index contributed by atoms with van der Waals surface area (Å²) >= 11 is 0. The minimum atomic E-state index is -0.255. The Balaban J connectivity index is 1.43. The highest BCUT2D eigenvalue weighted by Crippen LogP contribution is 2.27. The van der Waals surface area contributed by atoms with Gasteiger partial charge >= 0.3 is 0 Å². The molecule has 2 aromatic rings. The molecule has 1 heterocycles. The maximum Gasteiger partial charge on any atom is 0.227 e. The molecule has 2 amide bonds.